The van der Waals surface area contributed by atoms with Crippen molar-refractivity contribution in [3.63, 3.8) is 0 Å². The third-order valence-electron chi connectivity index (χ3n) is 1.81. The third kappa shape index (κ3) is 2.91. The summed E-state index contributed by atoms with van der Waals surface area (Å²) in [6, 6.07) is 1.86. The molecule has 0 radical (unpaired) electrons. The van der Waals surface area contributed by atoms with E-state index in [-0.39, 0.29) is 16.3 Å². The average Bonchev–Trinajstić information content (AvgIpc) is 2.19. The van der Waals surface area contributed by atoms with Crippen LogP contribution < -0.4 is 5.32 Å². The number of carboxylic acids is 1. The van der Waals surface area contributed by atoms with Gasteiger partial charge in [0.15, 0.2) is 0 Å². The minimum absolute atomic E-state index is 0.202. The van der Waals surface area contributed by atoms with E-state index < -0.39 is 22.5 Å². The number of halogens is 1. The summed E-state index contributed by atoms with van der Waals surface area (Å²) in [4.78, 5) is 31.5. The van der Waals surface area contributed by atoms with Crippen LogP contribution in [0.25, 0.3) is 0 Å². The van der Waals surface area contributed by atoms with Gasteiger partial charge in [-0.15, -0.1) is 0 Å². The van der Waals surface area contributed by atoms with E-state index in [4.69, 9.17) is 16.7 Å². The van der Waals surface area contributed by atoms with Gasteiger partial charge in [0, 0.05) is 13.0 Å². The Kier molecular flexibility index (Phi) is 3.64. The molecule has 0 saturated carbocycles. The highest BCUT2D eigenvalue weighted by atomic mass is 35.5. The summed E-state index contributed by atoms with van der Waals surface area (Å²) in [7, 11) is 0. The number of nitrogens with zero attached hydrogens (tertiary/aromatic N) is 1. The number of hydrogen-bond acceptors (Lipinski definition) is 4. The van der Waals surface area contributed by atoms with Gasteiger partial charge in [0.1, 0.15) is 5.69 Å². The smallest absolute Gasteiger partial charge is 0.335 e. The van der Waals surface area contributed by atoms with Gasteiger partial charge in [-0.3, -0.25) is 14.9 Å². The standard InChI is InChI=1S/C9H7ClN2O5/c1-4(13)11-8-6(10)2-5(9(14)15)3-7(8)12(16)17/h2-3H,1H3,(H,11,13)(H,14,15). The molecule has 1 amide bonds. The van der Waals surface area contributed by atoms with Crippen LogP contribution in [-0.2, 0) is 4.79 Å². The monoisotopic (exact) mass is 258 g/mol. The van der Waals surface area contributed by atoms with Gasteiger partial charge < -0.3 is 10.4 Å². The molecule has 17 heavy (non-hydrogen) atoms. The number of nitrogens with one attached hydrogen (secondary N) is 1. The van der Waals surface area contributed by atoms with Crippen LogP contribution in [0.1, 0.15) is 17.3 Å². The quantitative estimate of drug-likeness (QED) is 0.635. The molecule has 0 atom stereocenters. The maximum Gasteiger partial charge on any atom is 0.335 e. The van der Waals surface area contributed by atoms with Crippen molar-refractivity contribution in [2.75, 3.05) is 5.32 Å². The van der Waals surface area contributed by atoms with Gasteiger partial charge in [-0.2, -0.15) is 0 Å². The lowest BCUT2D eigenvalue weighted by atomic mass is 10.1. The fraction of sp³-hybridized carbons (Fsp3) is 0.111. The molecule has 0 unspecified atom stereocenters. The Morgan fingerprint density at radius 3 is 2.47 bits per heavy atom. The molecule has 0 aliphatic carbocycles. The number of aromatic carboxylic acids is 1. The zero-order valence-electron chi connectivity index (χ0n) is 8.56. The van der Waals surface area contributed by atoms with Gasteiger partial charge in [-0.05, 0) is 6.07 Å². The molecular weight excluding hydrogens is 252 g/mol. The summed E-state index contributed by atoms with van der Waals surface area (Å²) in [5.41, 5.74) is -1.10. The first-order valence-corrected chi connectivity index (χ1v) is 4.69. The number of carbonyl (C=O) groups excluding carboxylic acids is 1. The molecule has 0 spiro atoms. The number of hydrogen-bond donors (Lipinski definition) is 2. The first-order chi connectivity index (χ1) is 7.82. The van der Waals surface area contributed by atoms with Crippen molar-refractivity contribution in [3.05, 3.63) is 32.8 Å². The van der Waals surface area contributed by atoms with Crippen molar-refractivity contribution in [1.29, 1.82) is 0 Å². The Labute approximate surface area is 100 Å². The van der Waals surface area contributed by atoms with Crippen LogP contribution in [-0.4, -0.2) is 21.9 Å². The van der Waals surface area contributed by atoms with E-state index in [0.29, 0.717) is 0 Å². The second kappa shape index (κ2) is 4.79. The molecule has 8 heteroatoms. The minimum Gasteiger partial charge on any atom is -0.478 e. The Morgan fingerprint density at radius 1 is 1.47 bits per heavy atom. The van der Waals surface area contributed by atoms with E-state index in [2.05, 4.69) is 5.32 Å². The molecule has 0 aliphatic rings. The predicted molar refractivity (Wildman–Crippen MR) is 59.4 cm³/mol. The number of amides is 1. The van der Waals surface area contributed by atoms with Crippen LogP contribution in [0.3, 0.4) is 0 Å². The van der Waals surface area contributed by atoms with Crippen LogP contribution in [0.2, 0.25) is 5.02 Å². The average molecular weight is 259 g/mol. The van der Waals surface area contributed by atoms with Crippen LogP contribution in [0, 0.1) is 10.1 Å². The summed E-state index contributed by atoms with van der Waals surface area (Å²) < 4.78 is 0. The van der Waals surface area contributed by atoms with Crippen molar-refractivity contribution in [3.8, 4) is 0 Å². The Morgan fingerprint density at radius 2 is 2.06 bits per heavy atom. The van der Waals surface area contributed by atoms with E-state index in [9.17, 15) is 19.7 Å². The number of rotatable bonds is 3. The first kappa shape index (κ1) is 12.9. The van der Waals surface area contributed by atoms with Crippen molar-refractivity contribution in [2.45, 2.75) is 6.92 Å². The Balaban J connectivity index is 3.43. The second-order valence-electron chi connectivity index (χ2n) is 3.10. The summed E-state index contributed by atoms with van der Waals surface area (Å²) >= 11 is 5.68. The van der Waals surface area contributed by atoms with E-state index in [1.54, 1.807) is 0 Å². The second-order valence-corrected chi connectivity index (χ2v) is 3.50. The molecule has 0 heterocycles. The number of nitro groups is 1. The molecule has 0 aromatic heterocycles. The van der Waals surface area contributed by atoms with E-state index in [1.807, 2.05) is 0 Å². The lowest BCUT2D eigenvalue weighted by Crippen LogP contribution is -2.10. The van der Waals surface area contributed by atoms with Gasteiger partial charge in [0.25, 0.3) is 5.69 Å². The lowest BCUT2D eigenvalue weighted by Gasteiger charge is -2.06. The molecule has 1 aromatic carbocycles. The molecule has 90 valence electrons. The highest BCUT2D eigenvalue weighted by Crippen LogP contribution is 2.33. The normalized spacial score (nSPS) is 9.76. The van der Waals surface area contributed by atoms with E-state index in [1.165, 1.54) is 0 Å². The van der Waals surface area contributed by atoms with Gasteiger partial charge in [-0.25, -0.2) is 4.79 Å². The van der Waals surface area contributed by atoms with Crippen LogP contribution in [0.5, 0.6) is 0 Å². The zero-order valence-corrected chi connectivity index (χ0v) is 9.32. The topological polar surface area (TPSA) is 110 Å². The summed E-state index contributed by atoms with van der Waals surface area (Å²) in [5.74, 6) is -1.89. The van der Waals surface area contributed by atoms with Crippen molar-refractivity contribution in [1.82, 2.24) is 0 Å². The maximum absolute atomic E-state index is 10.9. The predicted octanol–water partition coefficient (Wildman–Crippen LogP) is 1.90. The molecule has 1 aromatic rings. The number of benzene rings is 1. The fourth-order valence-electron chi connectivity index (χ4n) is 1.16. The minimum atomic E-state index is -1.34. The number of anilines is 1. The van der Waals surface area contributed by atoms with E-state index in [0.717, 1.165) is 19.1 Å². The number of carboxylic acid groups (broad SMARTS) is 1. The summed E-state index contributed by atoms with van der Waals surface area (Å²) in [6.45, 7) is 1.16. The fourth-order valence-corrected chi connectivity index (χ4v) is 1.42. The van der Waals surface area contributed by atoms with Crippen molar-refractivity contribution < 1.29 is 19.6 Å². The van der Waals surface area contributed by atoms with Gasteiger partial charge in [0.05, 0.1) is 15.5 Å². The van der Waals surface area contributed by atoms with Gasteiger partial charge in [-0.1, -0.05) is 11.6 Å². The van der Waals surface area contributed by atoms with Gasteiger partial charge >= 0.3 is 5.97 Å². The highest BCUT2D eigenvalue weighted by molar-refractivity contribution is 6.34. The molecule has 0 aliphatic heterocycles. The highest BCUT2D eigenvalue weighted by Gasteiger charge is 2.21. The van der Waals surface area contributed by atoms with Crippen molar-refractivity contribution in [2.24, 2.45) is 0 Å². The molecule has 1 rings (SSSR count). The largest absolute Gasteiger partial charge is 0.478 e. The number of carbonyl (C=O) groups is 2. The Bertz CT molecular complexity index is 514. The molecular formula is C9H7ClN2O5. The molecule has 0 bridgehead atoms. The SMILES string of the molecule is CC(=O)Nc1c(Cl)cc(C(=O)O)cc1[N+](=O)[O-]. The van der Waals surface area contributed by atoms with Crippen LogP contribution in [0.4, 0.5) is 11.4 Å². The maximum atomic E-state index is 10.9. The lowest BCUT2D eigenvalue weighted by molar-refractivity contribution is -0.383. The molecule has 0 saturated heterocycles. The number of nitro benzene ring substituents is 1. The van der Waals surface area contributed by atoms with Gasteiger partial charge in [0.2, 0.25) is 5.91 Å². The third-order valence-corrected chi connectivity index (χ3v) is 2.11. The van der Waals surface area contributed by atoms with Crippen molar-refractivity contribution >= 4 is 34.9 Å². The van der Waals surface area contributed by atoms with Crippen LogP contribution >= 0.6 is 11.6 Å². The van der Waals surface area contributed by atoms with E-state index >= 15 is 0 Å². The summed E-state index contributed by atoms with van der Waals surface area (Å²) in [5, 5.41) is 21.4. The van der Waals surface area contributed by atoms with Crippen LogP contribution in [0.15, 0.2) is 12.1 Å². The Hall–Kier alpha value is -2.15. The zero-order chi connectivity index (χ0) is 13.2. The molecule has 2 N–H and O–H groups in total. The summed E-state index contributed by atoms with van der Waals surface area (Å²) in [6.07, 6.45) is 0. The molecule has 7 nitrogen and oxygen atoms in total. The molecule has 0 fully saturated rings. The first-order valence-electron chi connectivity index (χ1n) is 4.31.